The van der Waals surface area contributed by atoms with Crippen LogP contribution in [0.2, 0.25) is 10.0 Å². The highest BCUT2D eigenvalue weighted by molar-refractivity contribution is 6.42. The lowest BCUT2D eigenvalue weighted by molar-refractivity contribution is 1.14. The zero-order valence-electron chi connectivity index (χ0n) is 12.8. The minimum atomic E-state index is 0.212. The van der Waals surface area contributed by atoms with Crippen LogP contribution in [-0.2, 0) is 0 Å². The van der Waals surface area contributed by atoms with Crippen molar-refractivity contribution >= 4 is 40.5 Å². The molecule has 0 amide bonds. The third-order valence-corrected chi connectivity index (χ3v) is 4.13. The Bertz CT molecular complexity index is 978. The molecule has 2 aromatic carbocycles. The number of anilines is 2. The monoisotopic (exact) mass is 367 g/mol. The van der Waals surface area contributed by atoms with Crippen LogP contribution in [-0.4, -0.2) is 15.7 Å². The summed E-state index contributed by atoms with van der Waals surface area (Å²) in [6, 6.07) is 15.6. The first-order chi connectivity index (χ1) is 12.1. The molecule has 1 heterocycles. The van der Waals surface area contributed by atoms with E-state index in [0.717, 1.165) is 5.69 Å². The van der Waals surface area contributed by atoms with E-state index in [9.17, 15) is 0 Å². The Labute approximate surface area is 154 Å². The average molecular weight is 368 g/mol. The second kappa shape index (κ2) is 7.31. The van der Waals surface area contributed by atoms with Gasteiger partial charge >= 0.3 is 0 Å². The summed E-state index contributed by atoms with van der Waals surface area (Å²) in [5.41, 5.74) is 2.59. The summed E-state index contributed by atoms with van der Waals surface area (Å²) in [7, 11) is 0. The molecule has 25 heavy (non-hydrogen) atoms. The molecule has 0 aliphatic carbocycles. The Kier molecular flexibility index (Phi) is 4.94. The van der Waals surface area contributed by atoms with Crippen molar-refractivity contribution < 1.29 is 0 Å². The van der Waals surface area contributed by atoms with Crippen molar-refractivity contribution in [2.24, 2.45) is 0 Å². The van der Waals surface area contributed by atoms with Crippen molar-refractivity contribution in [1.82, 2.24) is 9.97 Å². The van der Waals surface area contributed by atoms with E-state index in [-0.39, 0.29) is 5.71 Å². The molecule has 122 valence electrons. The van der Waals surface area contributed by atoms with Gasteiger partial charge in [0.15, 0.2) is 0 Å². The second-order valence-corrected chi connectivity index (χ2v) is 5.90. The highest BCUT2D eigenvalue weighted by Crippen LogP contribution is 2.24. The van der Waals surface area contributed by atoms with Gasteiger partial charge in [-0.05, 0) is 42.5 Å². The van der Waals surface area contributed by atoms with Crippen molar-refractivity contribution in [3.05, 3.63) is 81.6 Å². The maximum absolute atomic E-state index is 8.82. The largest absolute Gasteiger partial charge is 0.324 e. The SMILES string of the molecule is N#Cc1ccc(Nc2nccc(C(=N)c3ccc(Cl)c(Cl)c3)n2)cc1. The number of nitriles is 1. The van der Waals surface area contributed by atoms with Gasteiger partial charge in [0, 0.05) is 17.4 Å². The van der Waals surface area contributed by atoms with Crippen LogP contribution in [0.15, 0.2) is 54.7 Å². The maximum Gasteiger partial charge on any atom is 0.227 e. The van der Waals surface area contributed by atoms with Crippen LogP contribution >= 0.6 is 23.2 Å². The normalized spacial score (nSPS) is 10.1. The Morgan fingerprint density at radius 2 is 1.80 bits per heavy atom. The van der Waals surface area contributed by atoms with E-state index in [1.54, 1.807) is 54.7 Å². The fourth-order valence-electron chi connectivity index (χ4n) is 2.11. The lowest BCUT2D eigenvalue weighted by Crippen LogP contribution is -2.07. The van der Waals surface area contributed by atoms with Gasteiger partial charge in [-0.3, -0.25) is 5.41 Å². The second-order valence-electron chi connectivity index (χ2n) is 5.08. The number of hydrogen-bond donors (Lipinski definition) is 2. The van der Waals surface area contributed by atoms with Crippen LogP contribution in [0.4, 0.5) is 11.6 Å². The molecule has 1 aromatic heterocycles. The summed E-state index contributed by atoms with van der Waals surface area (Å²) in [6.07, 6.45) is 1.57. The van der Waals surface area contributed by atoms with Crippen LogP contribution in [0.1, 0.15) is 16.8 Å². The molecule has 0 atom stereocenters. The van der Waals surface area contributed by atoms with Gasteiger partial charge in [0.05, 0.1) is 33.1 Å². The number of halogens is 2. The number of rotatable bonds is 4. The van der Waals surface area contributed by atoms with Gasteiger partial charge in [0.1, 0.15) is 0 Å². The quantitative estimate of drug-likeness (QED) is 0.647. The molecule has 0 spiro atoms. The molecule has 3 rings (SSSR count). The van der Waals surface area contributed by atoms with Crippen LogP contribution in [0.3, 0.4) is 0 Å². The molecule has 3 aromatic rings. The van der Waals surface area contributed by atoms with E-state index in [2.05, 4.69) is 21.4 Å². The van der Waals surface area contributed by atoms with Gasteiger partial charge in [-0.1, -0.05) is 29.3 Å². The minimum absolute atomic E-state index is 0.212. The third-order valence-electron chi connectivity index (χ3n) is 3.39. The first-order valence-corrected chi connectivity index (χ1v) is 7.97. The number of aromatic nitrogens is 2. The predicted octanol–water partition coefficient (Wildman–Crippen LogP) is 4.81. The fraction of sp³-hybridized carbons (Fsp3) is 0. The van der Waals surface area contributed by atoms with E-state index in [4.69, 9.17) is 33.9 Å². The fourth-order valence-corrected chi connectivity index (χ4v) is 2.41. The molecule has 0 aliphatic heterocycles. The number of benzene rings is 2. The summed E-state index contributed by atoms with van der Waals surface area (Å²) in [4.78, 5) is 8.51. The van der Waals surface area contributed by atoms with E-state index >= 15 is 0 Å². The van der Waals surface area contributed by atoms with Crippen molar-refractivity contribution in [2.45, 2.75) is 0 Å². The summed E-state index contributed by atoms with van der Waals surface area (Å²) in [5.74, 6) is 0.354. The zero-order valence-corrected chi connectivity index (χ0v) is 14.3. The van der Waals surface area contributed by atoms with Gasteiger partial charge in [-0.15, -0.1) is 0 Å². The van der Waals surface area contributed by atoms with E-state index in [1.807, 2.05) is 0 Å². The molecule has 7 heteroatoms. The standard InChI is InChI=1S/C18H11Cl2N5/c19-14-6-3-12(9-15(14)20)17(22)16-7-8-23-18(25-16)24-13-4-1-11(10-21)2-5-13/h1-9,22H,(H,23,24,25). The Balaban J connectivity index is 1.84. The van der Waals surface area contributed by atoms with E-state index in [1.165, 1.54) is 0 Å². The van der Waals surface area contributed by atoms with Gasteiger partial charge in [-0.25, -0.2) is 9.97 Å². The molecule has 0 aliphatic rings. The summed E-state index contributed by atoms with van der Waals surface area (Å²) < 4.78 is 0. The summed E-state index contributed by atoms with van der Waals surface area (Å²) in [6.45, 7) is 0. The molecule has 0 radical (unpaired) electrons. The number of hydrogen-bond acceptors (Lipinski definition) is 5. The molecule has 0 fully saturated rings. The highest BCUT2D eigenvalue weighted by Gasteiger charge is 2.10. The molecule has 5 nitrogen and oxygen atoms in total. The van der Waals surface area contributed by atoms with Gasteiger partial charge in [0.25, 0.3) is 0 Å². The van der Waals surface area contributed by atoms with E-state index < -0.39 is 0 Å². The van der Waals surface area contributed by atoms with Crippen LogP contribution < -0.4 is 5.32 Å². The zero-order chi connectivity index (χ0) is 17.8. The highest BCUT2D eigenvalue weighted by atomic mass is 35.5. The lowest BCUT2D eigenvalue weighted by Gasteiger charge is -2.08. The first kappa shape index (κ1) is 16.9. The molecular formula is C18H11Cl2N5. The van der Waals surface area contributed by atoms with Crippen molar-refractivity contribution in [3.8, 4) is 6.07 Å². The Morgan fingerprint density at radius 1 is 1.04 bits per heavy atom. The molecule has 0 saturated carbocycles. The molecule has 0 bridgehead atoms. The number of nitrogens with zero attached hydrogens (tertiary/aromatic N) is 3. The lowest BCUT2D eigenvalue weighted by atomic mass is 10.1. The van der Waals surface area contributed by atoms with Crippen molar-refractivity contribution in [2.75, 3.05) is 5.32 Å². The topological polar surface area (TPSA) is 85.5 Å². The first-order valence-electron chi connectivity index (χ1n) is 7.21. The van der Waals surface area contributed by atoms with Gasteiger partial charge < -0.3 is 5.32 Å². The Hall–Kier alpha value is -2.94. The van der Waals surface area contributed by atoms with Crippen molar-refractivity contribution in [3.63, 3.8) is 0 Å². The summed E-state index contributed by atoms with van der Waals surface area (Å²) in [5, 5.41) is 21.0. The van der Waals surface area contributed by atoms with E-state index in [0.29, 0.717) is 32.8 Å². The minimum Gasteiger partial charge on any atom is -0.324 e. The predicted molar refractivity (Wildman–Crippen MR) is 98.9 cm³/mol. The Morgan fingerprint density at radius 3 is 2.48 bits per heavy atom. The summed E-state index contributed by atoms with van der Waals surface area (Å²) >= 11 is 11.9. The van der Waals surface area contributed by atoms with Crippen LogP contribution in [0, 0.1) is 16.7 Å². The molecular weight excluding hydrogens is 357 g/mol. The van der Waals surface area contributed by atoms with Gasteiger partial charge in [0.2, 0.25) is 5.95 Å². The molecule has 2 N–H and O–H groups in total. The maximum atomic E-state index is 8.82. The van der Waals surface area contributed by atoms with Crippen LogP contribution in [0.25, 0.3) is 0 Å². The molecule has 0 unspecified atom stereocenters. The smallest absolute Gasteiger partial charge is 0.227 e. The average Bonchev–Trinajstić information content (AvgIpc) is 2.64. The number of nitrogens with one attached hydrogen (secondary N) is 2. The van der Waals surface area contributed by atoms with Crippen molar-refractivity contribution in [1.29, 1.82) is 10.7 Å². The van der Waals surface area contributed by atoms with Gasteiger partial charge in [-0.2, -0.15) is 5.26 Å². The third kappa shape index (κ3) is 3.94. The molecule has 0 saturated heterocycles. The van der Waals surface area contributed by atoms with Crippen LogP contribution in [0.5, 0.6) is 0 Å².